The Balaban J connectivity index is 1.84. The van der Waals surface area contributed by atoms with Gasteiger partial charge in [-0.05, 0) is 13.0 Å². The summed E-state index contributed by atoms with van der Waals surface area (Å²) in [6.45, 7) is 8.17. The van der Waals surface area contributed by atoms with E-state index < -0.39 is 37.9 Å². The molecule has 1 fully saturated rings. The van der Waals surface area contributed by atoms with Gasteiger partial charge < -0.3 is 20.6 Å². The second kappa shape index (κ2) is 10.00. The Morgan fingerprint density at radius 2 is 2.10 bits per heavy atom. The Hall–Kier alpha value is -2.51. The largest absolute Gasteiger partial charge is 0.464 e. The number of nitrogen functional groups attached to an aromatic ring is 1. The van der Waals surface area contributed by atoms with Crippen LogP contribution in [0.1, 0.15) is 12.6 Å². The molecule has 1 aliphatic heterocycles. The number of aromatic nitrogens is 1. The molecule has 3 N–H and O–H groups in total. The van der Waals surface area contributed by atoms with E-state index in [0.29, 0.717) is 6.61 Å². The molecular weight excluding hydrogens is 430 g/mol. The molecule has 2 heterocycles. The molecule has 0 radical (unpaired) electrons. The van der Waals surface area contributed by atoms with Crippen molar-refractivity contribution in [2.24, 2.45) is 5.16 Å². The highest BCUT2D eigenvalue weighted by atomic mass is 32.1. The van der Waals surface area contributed by atoms with Crippen LogP contribution < -0.4 is 11.1 Å². The Labute approximate surface area is 179 Å². The molecule has 0 unspecified atom stereocenters. The lowest BCUT2D eigenvalue weighted by Crippen LogP contribution is -2.70. The first-order chi connectivity index (χ1) is 14.0. The van der Waals surface area contributed by atoms with Crippen LogP contribution in [0.3, 0.4) is 0 Å². The number of esters is 1. The monoisotopic (exact) mass is 457 g/mol. The van der Waals surface area contributed by atoms with Crippen LogP contribution in [0.4, 0.5) is 5.13 Å². The van der Waals surface area contributed by atoms with Crippen molar-refractivity contribution >= 4 is 48.0 Å². The van der Waals surface area contributed by atoms with Crippen LogP contribution in [0, 0.1) is 0 Å². The first-order valence-electron chi connectivity index (χ1n) is 9.28. The van der Waals surface area contributed by atoms with E-state index in [9.17, 15) is 14.4 Å². The van der Waals surface area contributed by atoms with E-state index in [2.05, 4.69) is 35.1 Å². The van der Waals surface area contributed by atoms with Crippen LogP contribution in [0.5, 0.6) is 0 Å². The Kier molecular flexibility index (Phi) is 7.92. The summed E-state index contributed by atoms with van der Waals surface area (Å²) in [4.78, 5) is 50.6. The molecule has 30 heavy (non-hydrogen) atoms. The summed E-state index contributed by atoms with van der Waals surface area (Å²) in [6, 6.07) is -0.471. The maximum absolute atomic E-state index is 12.5. The quantitative estimate of drug-likeness (QED) is 0.171. The first-order valence-corrected chi connectivity index (χ1v) is 13.9. The predicted octanol–water partition coefficient (Wildman–Crippen LogP) is 0.604. The lowest BCUT2D eigenvalue weighted by atomic mass is 10.00. The van der Waals surface area contributed by atoms with Crippen molar-refractivity contribution in [3.63, 3.8) is 0 Å². The number of rotatable bonds is 10. The van der Waals surface area contributed by atoms with E-state index in [1.165, 1.54) is 7.11 Å². The molecule has 1 aromatic rings. The number of nitrogens with zero attached hydrogens (tertiary/aromatic N) is 3. The van der Waals surface area contributed by atoms with Crippen LogP contribution in [0.25, 0.3) is 0 Å². The third-order valence-electron chi connectivity index (χ3n) is 4.22. The number of thiazole rings is 1. The molecule has 0 bridgehead atoms. The fourth-order valence-electron chi connectivity index (χ4n) is 2.50. The van der Waals surface area contributed by atoms with Gasteiger partial charge in [0.15, 0.2) is 17.5 Å². The SMILES string of the molecule is CO/N=C(\C(=O)N[C@@H]1C(=O)N(OCC(=O)OCC[Si](C)(C)C)[C@H]1C)c1csc(N)n1. The summed E-state index contributed by atoms with van der Waals surface area (Å²) in [7, 11) is -0.0120. The predicted molar refractivity (Wildman–Crippen MR) is 113 cm³/mol. The highest BCUT2D eigenvalue weighted by Crippen LogP contribution is 2.21. The molecule has 0 saturated carbocycles. The molecule has 13 heteroatoms. The van der Waals surface area contributed by atoms with Crippen molar-refractivity contribution in [1.29, 1.82) is 0 Å². The second-order valence-electron chi connectivity index (χ2n) is 7.85. The maximum Gasteiger partial charge on any atom is 0.334 e. The average Bonchev–Trinajstić information content (AvgIpc) is 3.09. The number of amides is 2. The summed E-state index contributed by atoms with van der Waals surface area (Å²) in [5.41, 5.74) is 5.73. The van der Waals surface area contributed by atoms with Gasteiger partial charge in [-0.2, -0.15) is 0 Å². The summed E-state index contributed by atoms with van der Waals surface area (Å²) >= 11 is 1.15. The molecule has 2 atom stereocenters. The van der Waals surface area contributed by atoms with Gasteiger partial charge in [0.25, 0.3) is 11.8 Å². The van der Waals surface area contributed by atoms with Gasteiger partial charge in [0.1, 0.15) is 18.8 Å². The number of carbonyl (C=O) groups excluding carboxylic acids is 3. The fourth-order valence-corrected chi connectivity index (χ4v) is 3.76. The smallest absolute Gasteiger partial charge is 0.334 e. The minimum atomic E-state index is -1.30. The van der Waals surface area contributed by atoms with Crippen LogP contribution in [-0.4, -0.2) is 74.0 Å². The van der Waals surface area contributed by atoms with E-state index in [1.807, 2.05) is 0 Å². The molecule has 0 aromatic carbocycles. The molecule has 1 saturated heterocycles. The molecule has 2 rings (SSSR count). The topological polar surface area (TPSA) is 145 Å². The number of anilines is 1. The minimum absolute atomic E-state index is 0.101. The van der Waals surface area contributed by atoms with E-state index in [1.54, 1.807) is 12.3 Å². The van der Waals surface area contributed by atoms with Crippen LogP contribution in [0.2, 0.25) is 25.7 Å². The molecule has 166 valence electrons. The first kappa shape index (κ1) is 23.8. The van der Waals surface area contributed by atoms with Gasteiger partial charge >= 0.3 is 5.97 Å². The normalized spacial score (nSPS) is 19.3. The number of hydrogen-bond donors (Lipinski definition) is 2. The van der Waals surface area contributed by atoms with Crippen LogP contribution >= 0.6 is 11.3 Å². The van der Waals surface area contributed by atoms with Crippen molar-refractivity contribution in [2.45, 2.75) is 44.7 Å². The third-order valence-corrected chi connectivity index (χ3v) is 6.60. The van der Waals surface area contributed by atoms with Crippen molar-refractivity contribution in [1.82, 2.24) is 15.4 Å². The van der Waals surface area contributed by atoms with E-state index in [0.717, 1.165) is 22.4 Å². The van der Waals surface area contributed by atoms with Gasteiger partial charge in [-0.15, -0.1) is 11.3 Å². The van der Waals surface area contributed by atoms with Gasteiger partial charge in [0.2, 0.25) is 0 Å². The number of oxime groups is 1. The molecule has 0 aliphatic carbocycles. The van der Waals surface area contributed by atoms with Crippen molar-refractivity contribution in [3.05, 3.63) is 11.1 Å². The number of hydrogen-bond acceptors (Lipinski definition) is 10. The van der Waals surface area contributed by atoms with Gasteiger partial charge in [-0.1, -0.05) is 24.8 Å². The van der Waals surface area contributed by atoms with Crippen molar-refractivity contribution in [2.75, 3.05) is 26.1 Å². The number of carbonyl (C=O) groups is 3. The van der Waals surface area contributed by atoms with E-state index >= 15 is 0 Å². The molecular formula is C17H27N5O6SSi. The van der Waals surface area contributed by atoms with E-state index in [4.69, 9.17) is 20.1 Å². The van der Waals surface area contributed by atoms with Crippen molar-refractivity contribution < 1.29 is 28.8 Å². The van der Waals surface area contributed by atoms with Crippen LogP contribution in [-0.2, 0) is 28.8 Å². The highest BCUT2D eigenvalue weighted by molar-refractivity contribution is 7.13. The van der Waals surface area contributed by atoms with Crippen LogP contribution in [0.15, 0.2) is 10.5 Å². The fraction of sp³-hybridized carbons (Fsp3) is 0.588. The maximum atomic E-state index is 12.5. The zero-order chi connectivity index (χ0) is 22.5. The third kappa shape index (κ3) is 6.24. The highest BCUT2D eigenvalue weighted by Gasteiger charge is 2.47. The molecule has 11 nitrogen and oxygen atoms in total. The summed E-state index contributed by atoms with van der Waals surface area (Å²) in [5.74, 6) is -1.67. The second-order valence-corrected chi connectivity index (χ2v) is 14.4. The number of nitrogens with one attached hydrogen (secondary N) is 1. The summed E-state index contributed by atoms with van der Waals surface area (Å²) in [6.07, 6.45) is 0. The zero-order valence-electron chi connectivity index (χ0n) is 17.6. The Morgan fingerprint density at radius 1 is 1.40 bits per heavy atom. The van der Waals surface area contributed by atoms with Gasteiger partial charge in [0.05, 0.1) is 12.6 Å². The number of β-lactam (4-membered cyclic amide) rings is 1. The summed E-state index contributed by atoms with van der Waals surface area (Å²) < 4.78 is 5.13. The standard InChI is InChI=1S/C17H27N5O6SSi/c1-10-13(20-15(24)14(21-26-2)11-9-29-17(18)19-11)16(25)22(10)28-8-12(23)27-6-7-30(3,4)5/h9-10,13H,6-8H2,1-5H3,(H2,18,19)(H,20,24)/b21-14-/t10-,13-/m0/s1. The molecule has 0 spiro atoms. The molecule has 1 aliphatic rings. The van der Waals surface area contributed by atoms with Gasteiger partial charge in [0, 0.05) is 13.5 Å². The summed E-state index contributed by atoms with van der Waals surface area (Å²) in [5, 5.41) is 9.11. The lowest BCUT2D eigenvalue weighted by molar-refractivity contribution is -0.234. The lowest BCUT2D eigenvalue weighted by Gasteiger charge is -2.43. The van der Waals surface area contributed by atoms with E-state index in [-0.39, 0.29) is 23.1 Å². The number of hydroxylamine groups is 2. The molecule has 1 aromatic heterocycles. The Morgan fingerprint density at radius 3 is 2.63 bits per heavy atom. The minimum Gasteiger partial charge on any atom is -0.464 e. The number of nitrogens with two attached hydrogens (primary N) is 1. The number of ether oxygens (including phenoxy) is 1. The van der Waals surface area contributed by atoms with Crippen molar-refractivity contribution in [3.8, 4) is 0 Å². The van der Waals surface area contributed by atoms with Gasteiger partial charge in [-0.25, -0.2) is 14.8 Å². The Bertz CT molecular complexity index is 824. The molecule has 2 amide bonds. The average molecular weight is 458 g/mol. The van der Waals surface area contributed by atoms with Gasteiger partial charge in [-0.3, -0.25) is 14.4 Å². The zero-order valence-corrected chi connectivity index (χ0v) is 19.4.